The number of benzene rings is 1. The van der Waals surface area contributed by atoms with E-state index in [1.807, 2.05) is 6.92 Å². The van der Waals surface area contributed by atoms with Crippen LogP contribution >= 0.6 is 0 Å². The highest BCUT2D eigenvalue weighted by Gasteiger charge is 2.19. The van der Waals surface area contributed by atoms with Gasteiger partial charge in [0, 0.05) is 19.2 Å². The molecule has 0 radical (unpaired) electrons. The Labute approximate surface area is 114 Å². The lowest BCUT2D eigenvalue weighted by atomic mass is 10.1. The average Bonchev–Trinajstić information content (AvgIpc) is 2.35. The third-order valence-electron chi connectivity index (χ3n) is 2.78. The number of carbonyl (C=O) groups is 1. The van der Waals surface area contributed by atoms with Crippen molar-refractivity contribution >= 4 is 21.7 Å². The summed E-state index contributed by atoms with van der Waals surface area (Å²) in [6.07, 6.45) is 1.72. The Morgan fingerprint density at radius 2 is 1.95 bits per heavy atom. The fourth-order valence-corrected chi connectivity index (χ4v) is 2.58. The number of hydrogen-bond acceptors (Lipinski definition) is 3. The van der Waals surface area contributed by atoms with E-state index in [2.05, 4.69) is 4.72 Å². The lowest BCUT2D eigenvalue weighted by molar-refractivity contribution is 0.101. The molecule has 0 fully saturated rings. The number of para-hydroxylation sites is 1. The number of nitrogens with zero attached hydrogens (tertiary/aromatic N) is 1. The van der Waals surface area contributed by atoms with E-state index < -0.39 is 10.2 Å². The zero-order chi connectivity index (χ0) is 14.5. The molecule has 0 aliphatic rings. The molecule has 0 amide bonds. The average molecular weight is 284 g/mol. The van der Waals surface area contributed by atoms with Crippen molar-refractivity contribution in [2.75, 3.05) is 18.3 Å². The Hall–Kier alpha value is -1.40. The van der Waals surface area contributed by atoms with Crippen molar-refractivity contribution in [2.45, 2.75) is 26.7 Å². The molecule has 5 nitrogen and oxygen atoms in total. The van der Waals surface area contributed by atoms with E-state index in [4.69, 9.17) is 0 Å². The molecule has 1 aromatic carbocycles. The minimum atomic E-state index is -3.61. The van der Waals surface area contributed by atoms with Gasteiger partial charge in [-0.15, -0.1) is 0 Å². The normalized spacial score (nSPS) is 11.6. The van der Waals surface area contributed by atoms with Crippen LogP contribution in [0.3, 0.4) is 0 Å². The van der Waals surface area contributed by atoms with E-state index in [1.165, 1.54) is 18.3 Å². The summed E-state index contributed by atoms with van der Waals surface area (Å²) in [5.74, 6) is -0.172. The number of anilines is 1. The quantitative estimate of drug-likeness (QED) is 0.781. The van der Waals surface area contributed by atoms with Crippen molar-refractivity contribution in [1.29, 1.82) is 0 Å². The van der Waals surface area contributed by atoms with Crippen LogP contribution < -0.4 is 4.72 Å². The van der Waals surface area contributed by atoms with E-state index in [0.717, 1.165) is 12.8 Å². The first-order valence-electron chi connectivity index (χ1n) is 6.22. The largest absolute Gasteiger partial charge is 0.301 e. The van der Waals surface area contributed by atoms with Crippen LogP contribution in [0.5, 0.6) is 0 Å². The van der Waals surface area contributed by atoms with Crippen molar-refractivity contribution in [3.05, 3.63) is 29.8 Å². The molecule has 0 saturated carbocycles. The number of rotatable bonds is 7. The molecule has 19 heavy (non-hydrogen) atoms. The van der Waals surface area contributed by atoms with Gasteiger partial charge in [0.15, 0.2) is 5.78 Å². The minimum Gasteiger partial charge on any atom is -0.294 e. The minimum absolute atomic E-state index is 0.172. The molecular formula is C13H20N2O3S. The first-order valence-corrected chi connectivity index (χ1v) is 7.66. The number of carbonyl (C=O) groups excluding carboxylic acids is 1. The molecule has 0 heterocycles. The fraction of sp³-hybridized carbons (Fsp3) is 0.462. The molecular weight excluding hydrogens is 264 g/mol. The summed E-state index contributed by atoms with van der Waals surface area (Å²) in [4.78, 5) is 11.4. The summed E-state index contributed by atoms with van der Waals surface area (Å²) in [5.41, 5.74) is 0.688. The van der Waals surface area contributed by atoms with Crippen LogP contribution in [0.2, 0.25) is 0 Å². The van der Waals surface area contributed by atoms with Gasteiger partial charge in [-0.25, -0.2) is 0 Å². The second-order valence-corrected chi connectivity index (χ2v) is 6.16. The maximum atomic E-state index is 12.1. The summed E-state index contributed by atoms with van der Waals surface area (Å²) in [6.45, 7) is 3.86. The van der Waals surface area contributed by atoms with Gasteiger partial charge in [0.05, 0.1) is 5.69 Å². The molecule has 0 aliphatic carbocycles. The van der Waals surface area contributed by atoms with E-state index in [0.29, 0.717) is 17.8 Å². The van der Waals surface area contributed by atoms with Crippen molar-refractivity contribution in [3.63, 3.8) is 0 Å². The van der Waals surface area contributed by atoms with Crippen LogP contribution in [0.4, 0.5) is 5.69 Å². The molecule has 0 aromatic heterocycles. The second-order valence-electron chi connectivity index (χ2n) is 4.38. The van der Waals surface area contributed by atoms with Crippen LogP contribution in [0.25, 0.3) is 0 Å². The molecule has 0 bridgehead atoms. The number of unbranched alkanes of at least 4 members (excludes halogenated alkanes) is 1. The SMILES string of the molecule is CCCCN(C)S(=O)(=O)Nc1ccccc1C(C)=O. The maximum absolute atomic E-state index is 12.1. The van der Waals surface area contributed by atoms with E-state index in [1.54, 1.807) is 24.3 Å². The Balaban J connectivity index is 2.92. The zero-order valence-electron chi connectivity index (χ0n) is 11.5. The van der Waals surface area contributed by atoms with E-state index >= 15 is 0 Å². The van der Waals surface area contributed by atoms with Gasteiger partial charge in [0.1, 0.15) is 0 Å². The van der Waals surface area contributed by atoms with E-state index in [-0.39, 0.29) is 5.78 Å². The summed E-state index contributed by atoms with van der Waals surface area (Å²) < 4.78 is 27.9. The Bertz CT molecular complexity index is 541. The second kappa shape index (κ2) is 6.68. The first-order chi connectivity index (χ1) is 8.88. The van der Waals surface area contributed by atoms with Crippen molar-refractivity contribution in [2.24, 2.45) is 0 Å². The van der Waals surface area contributed by atoms with Gasteiger partial charge in [0.25, 0.3) is 0 Å². The molecule has 1 rings (SSSR count). The molecule has 0 spiro atoms. The Morgan fingerprint density at radius 1 is 1.32 bits per heavy atom. The van der Waals surface area contributed by atoms with Crippen LogP contribution in [0.15, 0.2) is 24.3 Å². The molecule has 0 unspecified atom stereocenters. The predicted octanol–water partition coefficient (Wildman–Crippen LogP) is 2.28. The van der Waals surface area contributed by atoms with Crippen LogP contribution in [0, 0.1) is 0 Å². The topological polar surface area (TPSA) is 66.5 Å². The maximum Gasteiger partial charge on any atom is 0.301 e. The van der Waals surface area contributed by atoms with Gasteiger partial charge in [-0.3, -0.25) is 9.52 Å². The van der Waals surface area contributed by atoms with Gasteiger partial charge in [-0.1, -0.05) is 25.5 Å². The van der Waals surface area contributed by atoms with E-state index in [9.17, 15) is 13.2 Å². The standard InChI is InChI=1S/C13H20N2O3S/c1-4-5-10-15(3)19(17,18)14-13-9-7-6-8-12(13)11(2)16/h6-9,14H,4-5,10H2,1-3H3. The third-order valence-corrected chi connectivity index (χ3v) is 4.26. The lowest BCUT2D eigenvalue weighted by Gasteiger charge is -2.19. The summed E-state index contributed by atoms with van der Waals surface area (Å²) >= 11 is 0. The number of hydrogen-bond donors (Lipinski definition) is 1. The summed E-state index contributed by atoms with van der Waals surface area (Å²) in [6, 6.07) is 6.58. The number of Topliss-reactive ketones (excluding diaryl/α,β-unsaturated/α-hetero) is 1. The first kappa shape index (κ1) is 15.7. The highest BCUT2D eigenvalue weighted by molar-refractivity contribution is 7.90. The van der Waals surface area contributed by atoms with Gasteiger partial charge >= 0.3 is 10.2 Å². The molecule has 0 atom stereocenters. The van der Waals surface area contributed by atoms with Crippen LogP contribution in [-0.2, 0) is 10.2 Å². The van der Waals surface area contributed by atoms with Crippen molar-refractivity contribution in [1.82, 2.24) is 4.31 Å². The summed E-state index contributed by atoms with van der Waals surface area (Å²) in [5, 5.41) is 0. The van der Waals surface area contributed by atoms with Gasteiger partial charge in [0.2, 0.25) is 0 Å². The number of ketones is 1. The van der Waals surface area contributed by atoms with Crippen molar-refractivity contribution < 1.29 is 13.2 Å². The van der Waals surface area contributed by atoms with Gasteiger partial charge < -0.3 is 0 Å². The molecule has 0 aliphatic heterocycles. The lowest BCUT2D eigenvalue weighted by Crippen LogP contribution is -2.33. The third kappa shape index (κ3) is 4.33. The molecule has 1 N–H and O–H groups in total. The predicted molar refractivity (Wildman–Crippen MR) is 76.5 cm³/mol. The Kier molecular flexibility index (Phi) is 5.50. The Morgan fingerprint density at radius 3 is 2.53 bits per heavy atom. The summed E-state index contributed by atoms with van der Waals surface area (Å²) in [7, 11) is -2.09. The highest BCUT2D eigenvalue weighted by Crippen LogP contribution is 2.18. The molecule has 6 heteroatoms. The highest BCUT2D eigenvalue weighted by atomic mass is 32.2. The number of nitrogens with one attached hydrogen (secondary N) is 1. The van der Waals surface area contributed by atoms with Crippen LogP contribution in [0.1, 0.15) is 37.0 Å². The fourth-order valence-electron chi connectivity index (χ4n) is 1.60. The zero-order valence-corrected chi connectivity index (χ0v) is 12.3. The molecule has 1 aromatic rings. The smallest absolute Gasteiger partial charge is 0.294 e. The monoisotopic (exact) mass is 284 g/mol. The molecule has 0 saturated heterocycles. The van der Waals surface area contributed by atoms with Gasteiger partial charge in [-0.2, -0.15) is 12.7 Å². The van der Waals surface area contributed by atoms with Crippen molar-refractivity contribution in [3.8, 4) is 0 Å². The van der Waals surface area contributed by atoms with Gasteiger partial charge in [-0.05, 0) is 25.5 Å². The molecule has 106 valence electrons. The van der Waals surface area contributed by atoms with Crippen LogP contribution in [-0.4, -0.2) is 32.1 Å².